The highest BCUT2D eigenvalue weighted by Crippen LogP contribution is 2.27. The van der Waals surface area contributed by atoms with E-state index in [1.165, 1.54) is 0 Å². The second kappa shape index (κ2) is 14.2. The summed E-state index contributed by atoms with van der Waals surface area (Å²) in [6.45, 7) is 8.30. The van der Waals surface area contributed by atoms with E-state index in [2.05, 4.69) is 60.2 Å². The van der Waals surface area contributed by atoms with Gasteiger partial charge in [-0.3, -0.25) is 0 Å². The van der Waals surface area contributed by atoms with Gasteiger partial charge in [0.2, 0.25) is 0 Å². The molecule has 4 rings (SSSR count). The van der Waals surface area contributed by atoms with Crippen molar-refractivity contribution in [3.05, 3.63) is 108 Å². The van der Waals surface area contributed by atoms with E-state index in [1.807, 2.05) is 49.4 Å². The van der Waals surface area contributed by atoms with Crippen LogP contribution >= 0.6 is 0 Å². The summed E-state index contributed by atoms with van der Waals surface area (Å²) in [5, 5.41) is 0. The molecule has 0 saturated carbocycles. The fourth-order valence-corrected chi connectivity index (χ4v) is 4.44. The molecule has 0 aliphatic carbocycles. The molecule has 1 atom stereocenters. The Morgan fingerprint density at radius 3 is 2.36 bits per heavy atom. The molecule has 39 heavy (non-hydrogen) atoms. The quantitative estimate of drug-likeness (QED) is 0.172. The lowest BCUT2D eigenvalue weighted by atomic mass is 10.1. The number of aromatic nitrogens is 1. The molecule has 0 bridgehead atoms. The van der Waals surface area contributed by atoms with Crippen molar-refractivity contribution in [2.75, 3.05) is 19.8 Å². The van der Waals surface area contributed by atoms with E-state index in [-0.39, 0.29) is 5.97 Å². The van der Waals surface area contributed by atoms with Crippen LogP contribution in [0.4, 0.5) is 0 Å². The number of hydrogen-bond donors (Lipinski definition) is 0. The van der Waals surface area contributed by atoms with Crippen LogP contribution in [0.3, 0.4) is 0 Å². The number of carbonyl (C=O) groups excluding carboxylic acids is 1. The van der Waals surface area contributed by atoms with Gasteiger partial charge in [-0.05, 0) is 79.9 Å². The van der Waals surface area contributed by atoms with Crippen LogP contribution < -0.4 is 9.47 Å². The van der Waals surface area contributed by atoms with E-state index in [0.29, 0.717) is 39.4 Å². The molecule has 0 radical (unpaired) electrons. The van der Waals surface area contributed by atoms with Gasteiger partial charge in [0.1, 0.15) is 24.7 Å². The predicted molar refractivity (Wildman–Crippen MR) is 153 cm³/mol. The lowest BCUT2D eigenvalue weighted by Crippen LogP contribution is -2.28. The Labute approximate surface area is 231 Å². The fourth-order valence-electron chi connectivity index (χ4n) is 4.44. The SMILES string of the molecule is CCOC(=O)C(Cc1ccc(OCCn2cccc2-c2cc(C)cc(OCc3ccccc3)c2)cc1)OCC. The van der Waals surface area contributed by atoms with Crippen molar-refractivity contribution < 1.29 is 23.7 Å². The molecule has 204 valence electrons. The summed E-state index contributed by atoms with van der Waals surface area (Å²) < 4.78 is 25.0. The van der Waals surface area contributed by atoms with Gasteiger partial charge in [-0.1, -0.05) is 42.5 Å². The van der Waals surface area contributed by atoms with Gasteiger partial charge in [-0.25, -0.2) is 4.79 Å². The third kappa shape index (κ3) is 8.23. The summed E-state index contributed by atoms with van der Waals surface area (Å²) in [6.07, 6.45) is 1.94. The van der Waals surface area contributed by atoms with Gasteiger partial charge in [-0.2, -0.15) is 0 Å². The molecule has 1 aromatic heterocycles. The van der Waals surface area contributed by atoms with Crippen LogP contribution in [0.2, 0.25) is 0 Å². The second-order valence-electron chi connectivity index (χ2n) is 9.29. The van der Waals surface area contributed by atoms with Crippen molar-refractivity contribution in [2.24, 2.45) is 0 Å². The molecule has 6 nitrogen and oxygen atoms in total. The van der Waals surface area contributed by atoms with Crippen LogP contribution in [0.1, 0.15) is 30.5 Å². The lowest BCUT2D eigenvalue weighted by Gasteiger charge is -2.16. The topological polar surface area (TPSA) is 58.9 Å². The molecule has 0 spiro atoms. The minimum Gasteiger partial charge on any atom is -0.492 e. The van der Waals surface area contributed by atoms with Crippen LogP contribution in [-0.2, 0) is 33.8 Å². The molecule has 0 aliphatic heterocycles. The van der Waals surface area contributed by atoms with Crippen molar-refractivity contribution in [3.63, 3.8) is 0 Å². The lowest BCUT2D eigenvalue weighted by molar-refractivity contribution is -0.156. The third-order valence-corrected chi connectivity index (χ3v) is 6.29. The highest BCUT2D eigenvalue weighted by atomic mass is 16.6. The maximum absolute atomic E-state index is 12.1. The molecule has 0 aliphatic rings. The summed E-state index contributed by atoms with van der Waals surface area (Å²) in [7, 11) is 0. The van der Waals surface area contributed by atoms with Gasteiger partial charge in [0.05, 0.1) is 13.2 Å². The van der Waals surface area contributed by atoms with Gasteiger partial charge in [-0.15, -0.1) is 0 Å². The van der Waals surface area contributed by atoms with E-state index in [4.69, 9.17) is 18.9 Å². The van der Waals surface area contributed by atoms with Gasteiger partial charge >= 0.3 is 5.97 Å². The number of carbonyl (C=O) groups is 1. The van der Waals surface area contributed by atoms with Crippen LogP contribution in [0, 0.1) is 6.92 Å². The fraction of sp³-hybridized carbons (Fsp3) is 0.303. The Hall–Kier alpha value is -4.03. The molecule has 1 unspecified atom stereocenters. The van der Waals surface area contributed by atoms with Crippen LogP contribution in [0.15, 0.2) is 91.1 Å². The Bertz CT molecular complexity index is 1310. The summed E-state index contributed by atoms with van der Waals surface area (Å²) in [6, 6.07) is 28.5. The minimum atomic E-state index is -0.597. The smallest absolute Gasteiger partial charge is 0.335 e. The van der Waals surface area contributed by atoms with E-state index >= 15 is 0 Å². The Balaban J connectivity index is 1.34. The Kier molecular flexibility index (Phi) is 10.2. The zero-order valence-corrected chi connectivity index (χ0v) is 23.0. The van der Waals surface area contributed by atoms with Gasteiger partial charge < -0.3 is 23.5 Å². The van der Waals surface area contributed by atoms with E-state index < -0.39 is 6.10 Å². The molecule has 0 fully saturated rings. The van der Waals surface area contributed by atoms with E-state index in [1.54, 1.807) is 6.92 Å². The van der Waals surface area contributed by atoms with Crippen molar-refractivity contribution in [1.29, 1.82) is 0 Å². The summed E-state index contributed by atoms with van der Waals surface area (Å²) >= 11 is 0. The zero-order chi connectivity index (χ0) is 27.5. The highest BCUT2D eigenvalue weighted by molar-refractivity contribution is 5.75. The van der Waals surface area contributed by atoms with Crippen molar-refractivity contribution in [3.8, 4) is 22.8 Å². The number of esters is 1. The first kappa shape index (κ1) is 28.0. The minimum absolute atomic E-state index is 0.328. The monoisotopic (exact) mass is 527 g/mol. The number of hydrogen-bond acceptors (Lipinski definition) is 5. The third-order valence-electron chi connectivity index (χ3n) is 6.29. The first-order valence-corrected chi connectivity index (χ1v) is 13.5. The van der Waals surface area contributed by atoms with E-state index in [9.17, 15) is 4.79 Å². The van der Waals surface area contributed by atoms with Crippen molar-refractivity contribution in [1.82, 2.24) is 4.57 Å². The van der Waals surface area contributed by atoms with E-state index in [0.717, 1.165) is 39.4 Å². The molecule has 4 aromatic rings. The summed E-state index contributed by atoms with van der Waals surface area (Å²) in [5.74, 6) is 1.31. The van der Waals surface area contributed by atoms with Crippen molar-refractivity contribution in [2.45, 2.75) is 46.4 Å². The van der Waals surface area contributed by atoms with Crippen LogP contribution in [0.5, 0.6) is 11.5 Å². The molecule has 0 amide bonds. The van der Waals surface area contributed by atoms with Crippen molar-refractivity contribution >= 4 is 5.97 Å². The maximum Gasteiger partial charge on any atom is 0.335 e. The molecule has 0 saturated heterocycles. The van der Waals surface area contributed by atoms with Crippen LogP contribution in [-0.4, -0.2) is 36.5 Å². The number of benzene rings is 3. The predicted octanol–water partition coefficient (Wildman–Crippen LogP) is 6.63. The first-order chi connectivity index (χ1) is 19.1. The maximum atomic E-state index is 12.1. The summed E-state index contributed by atoms with van der Waals surface area (Å²) in [4.78, 5) is 12.1. The standard InChI is InChI=1S/C33H37NO5/c1-4-36-32(33(35)37-5-2)22-26-13-15-29(16-14-26)38-19-18-34-17-9-12-31(34)28-20-25(3)21-30(23-28)39-24-27-10-7-6-8-11-27/h6-17,20-21,23,32H,4-5,18-19,22,24H2,1-3H3. The normalized spacial score (nSPS) is 11.7. The zero-order valence-electron chi connectivity index (χ0n) is 23.0. The molecule has 6 heteroatoms. The molecular weight excluding hydrogens is 490 g/mol. The number of ether oxygens (including phenoxy) is 4. The number of aryl methyl sites for hydroxylation is 1. The largest absolute Gasteiger partial charge is 0.492 e. The molecule has 0 N–H and O–H groups in total. The number of nitrogens with zero attached hydrogens (tertiary/aromatic N) is 1. The molecular formula is C33H37NO5. The molecule has 3 aromatic carbocycles. The van der Waals surface area contributed by atoms with Crippen LogP contribution in [0.25, 0.3) is 11.3 Å². The summed E-state index contributed by atoms with van der Waals surface area (Å²) in [5.41, 5.74) is 5.50. The second-order valence-corrected chi connectivity index (χ2v) is 9.29. The first-order valence-electron chi connectivity index (χ1n) is 13.5. The van der Waals surface area contributed by atoms with Gasteiger partial charge in [0.15, 0.2) is 6.10 Å². The van der Waals surface area contributed by atoms with Gasteiger partial charge in [0.25, 0.3) is 0 Å². The Morgan fingerprint density at radius 1 is 0.821 bits per heavy atom. The average Bonchev–Trinajstić information content (AvgIpc) is 3.42. The average molecular weight is 528 g/mol. The van der Waals surface area contributed by atoms with Gasteiger partial charge in [0, 0.05) is 30.5 Å². The Morgan fingerprint density at radius 2 is 1.62 bits per heavy atom. The molecule has 1 heterocycles. The number of rotatable bonds is 14. The highest BCUT2D eigenvalue weighted by Gasteiger charge is 2.20.